The molecular formula is C28H28N2O6. The summed E-state index contributed by atoms with van der Waals surface area (Å²) in [6.45, 7) is 1.51. The predicted molar refractivity (Wildman–Crippen MR) is 133 cm³/mol. The molecule has 3 heterocycles. The van der Waals surface area contributed by atoms with Gasteiger partial charge in [-0.1, -0.05) is 36.4 Å². The van der Waals surface area contributed by atoms with E-state index in [1.807, 2.05) is 55.6 Å². The predicted octanol–water partition coefficient (Wildman–Crippen LogP) is 4.49. The summed E-state index contributed by atoms with van der Waals surface area (Å²) < 4.78 is 29.0. The smallest absolute Gasteiger partial charge is 0.341 e. The van der Waals surface area contributed by atoms with E-state index in [4.69, 9.17) is 23.7 Å². The monoisotopic (exact) mass is 488 g/mol. The quantitative estimate of drug-likeness (QED) is 0.509. The van der Waals surface area contributed by atoms with E-state index in [0.29, 0.717) is 40.8 Å². The Morgan fingerprint density at radius 3 is 2.69 bits per heavy atom. The summed E-state index contributed by atoms with van der Waals surface area (Å²) in [7, 11) is 5.28. The van der Waals surface area contributed by atoms with Crippen LogP contribution in [0, 0.1) is 0 Å². The molecule has 3 aliphatic heterocycles. The van der Waals surface area contributed by atoms with Crippen LogP contribution in [-0.4, -0.2) is 45.5 Å². The second-order valence-electron chi connectivity index (χ2n) is 9.16. The van der Waals surface area contributed by atoms with E-state index in [9.17, 15) is 4.79 Å². The molecule has 6 rings (SSSR count). The van der Waals surface area contributed by atoms with Crippen molar-refractivity contribution in [2.45, 2.75) is 25.1 Å². The number of benzene rings is 3. The van der Waals surface area contributed by atoms with Crippen molar-refractivity contribution >= 4 is 11.7 Å². The van der Waals surface area contributed by atoms with Crippen molar-refractivity contribution in [1.82, 2.24) is 4.90 Å². The molecule has 3 aromatic carbocycles. The zero-order valence-electron chi connectivity index (χ0n) is 20.5. The highest BCUT2D eigenvalue weighted by Gasteiger charge is 2.45. The van der Waals surface area contributed by atoms with Crippen LogP contribution in [0.25, 0.3) is 0 Å². The Balaban J connectivity index is 1.44. The molecule has 0 radical (unpaired) electrons. The molecule has 0 amide bonds. The molecule has 0 aliphatic carbocycles. The maximum atomic E-state index is 13.4. The van der Waals surface area contributed by atoms with Crippen LogP contribution in [0.1, 0.15) is 44.8 Å². The van der Waals surface area contributed by atoms with E-state index < -0.39 is 6.10 Å². The van der Waals surface area contributed by atoms with Crippen molar-refractivity contribution in [1.29, 1.82) is 0 Å². The van der Waals surface area contributed by atoms with Gasteiger partial charge in [-0.25, -0.2) is 4.79 Å². The first-order valence-corrected chi connectivity index (χ1v) is 12.0. The van der Waals surface area contributed by atoms with Crippen LogP contribution in [0.2, 0.25) is 0 Å². The fourth-order valence-electron chi connectivity index (χ4n) is 5.51. The molecule has 1 N–H and O–H groups in total. The van der Waals surface area contributed by atoms with Crippen LogP contribution < -0.4 is 24.3 Å². The van der Waals surface area contributed by atoms with Crippen LogP contribution >= 0.6 is 0 Å². The van der Waals surface area contributed by atoms with Crippen LogP contribution in [0.5, 0.6) is 23.0 Å². The van der Waals surface area contributed by atoms with Gasteiger partial charge in [-0.15, -0.1) is 0 Å². The average Bonchev–Trinajstić information content (AvgIpc) is 3.50. The normalized spacial score (nSPS) is 19.9. The molecule has 0 bridgehead atoms. The zero-order chi connectivity index (χ0) is 24.8. The van der Waals surface area contributed by atoms with Crippen molar-refractivity contribution < 1.29 is 28.5 Å². The Hall–Kier alpha value is -3.91. The molecule has 8 heteroatoms. The lowest BCUT2D eigenvalue weighted by Gasteiger charge is -2.38. The van der Waals surface area contributed by atoms with Gasteiger partial charge in [0.05, 0.1) is 31.5 Å². The third-order valence-electron chi connectivity index (χ3n) is 7.22. The van der Waals surface area contributed by atoms with Crippen molar-refractivity contribution in [2.75, 3.05) is 39.9 Å². The molecule has 3 aliphatic rings. The standard InChI is InChI=1S/C28H28N2O6/c1-30-12-11-17-13-20-26(35-15-34-20)27(33-3)21(17)24(30)25-18-9-10-19(32-2)23(22(18)28(31)36-25)29-14-16-7-5-4-6-8-16/h4-10,13,24-25,29H,11-12,14-15H2,1-3H3/t24-,25+/m1/s1. The van der Waals surface area contributed by atoms with Crippen molar-refractivity contribution in [3.8, 4) is 23.0 Å². The summed E-state index contributed by atoms with van der Waals surface area (Å²) in [4.78, 5) is 15.6. The Morgan fingerprint density at radius 1 is 1.08 bits per heavy atom. The Bertz CT molecular complexity index is 1330. The number of hydrogen-bond acceptors (Lipinski definition) is 8. The molecule has 0 unspecified atom stereocenters. The lowest BCUT2D eigenvalue weighted by molar-refractivity contribution is 0.00884. The van der Waals surface area contributed by atoms with E-state index in [2.05, 4.69) is 10.2 Å². The number of esters is 1. The SMILES string of the molecule is COc1ccc2c(c1NCc1ccccc1)C(=O)O[C@@H]2[C@H]1c2c(cc3c(c2OC)OCO3)CCN1C. The second kappa shape index (κ2) is 8.95. The van der Waals surface area contributed by atoms with E-state index in [1.54, 1.807) is 14.2 Å². The highest BCUT2D eigenvalue weighted by Crippen LogP contribution is 2.55. The summed E-state index contributed by atoms with van der Waals surface area (Å²) in [6, 6.07) is 15.6. The Morgan fingerprint density at radius 2 is 1.92 bits per heavy atom. The molecule has 0 fully saturated rings. The first-order chi connectivity index (χ1) is 17.6. The van der Waals surface area contributed by atoms with E-state index in [-0.39, 0.29) is 18.8 Å². The highest BCUT2D eigenvalue weighted by molar-refractivity contribution is 6.01. The Kier molecular flexibility index (Phi) is 5.60. The van der Waals surface area contributed by atoms with Gasteiger partial charge in [-0.05, 0) is 36.7 Å². The number of fused-ring (bicyclic) bond motifs is 3. The number of nitrogens with one attached hydrogen (secondary N) is 1. The van der Waals surface area contributed by atoms with Gasteiger partial charge in [0.1, 0.15) is 11.9 Å². The van der Waals surface area contributed by atoms with Crippen molar-refractivity contribution in [3.63, 3.8) is 0 Å². The molecule has 2 atom stereocenters. The number of hydrogen-bond donors (Lipinski definition) is 1. The fourth-order valence-corrected chi connectivity index (χ4v) is 5.51. The minimum absolute atomic E-state index is 0.159. The number of carbonyl (C=O) groups is 1. The lowest BCUT2D eigenvalue weighted by atomic mass is 9.85. The first kappa shape index (κ1) is 22.5. The molecule has 3 aromatic rings. The number of carbonyl (C=O) groups excluding carboxylic acids is 1. The van der Waals surface area contributed by atoms with Gasteiger partial charge in [-0.2, -0.15) is 0 Å². The van der Waals surface area contributed by atoms with Gasteiger partial charge in [0.25, 0.3) is 0 Å². The third kappa shape index (κ3) is 3.52. The highest BCUT2D eigenvalue weighted by atomic mass is 16.7. The molecule has 0 saturated heterocycles. The Labute approximate surface area is 209 Å². The number of rotatable bonds is 6. The van der Waals surface area contributed by atoms with E-state index in [0.717, 1.165) is 35.2 Å². The molecular weight excluding hydrogens is 460 g/mol. The lowest BCUT2D eigenvalue weighted by Crippen LogP contribution is -2.36. The summed E-state index contributed by atoms with van der Waals surface area (Å²) in [5, 5.41) is 3.42. The summed E-state index contributed by atoms with van der Waals surface area (Å²) >= 11 is 0. The van der Waals surface area contributed by atoms with Crippen LogP contribution in [0.4, 0.5) is 5.69 Å². The van der Waals surface area contributed by atoms with E-state index >= 15 is 0 Å². The van der Waals surface area contributed by atoms with Gasteiger partial charge in [0.2, 0.25) is 12.5 Å². The van der Waals surface area contributed by atoms with Crippen LogP contribution in [0.3, 0.4) is 0 Å². The van der Waals surface area contributed by atoms with Gasteiger partial charge in [0.15, 0.2) is 11.5 Å². The largest absolute Gasteiger partial charge is 0.495 e. The third-order valence-corrected chi connectivity index (χ3v) is 7.22. The number of ether oxygens (including phenoxy) is 5. The zero-order valence-corrected chi connectivity index (χ0v) is 20.5. The molecule has 0 aromatic heterocycles. The maximum absolute atomic E-state index is 13.4. The number of cyclic esters (lactones) is 1. The molecule has 186 valence electrons. The summed E-state index contributed by atoms with van der Waals surface area (Å²) in [5.41, 5.74) is 5.15. The first-order valence-electron chi connectivity index (χ1n) is 12.0. The number of anilines is 1. The molecule has 0 spiro atoms. The minimum atomic E-state index is -0.519. The summed E-state index contributed by atoms with van der Waals surface area (Å²) in [5.74, 6) is 2.15. The number of nitrogens with zero attached hydrogens (tertiary/aromatic N) is 1. The van der Waals surface area contributed by atoms with Crippen LogP contribution in [-0.2, 0) is 17.7 Å². The molecule has 0 saturated carbocycles. The number of methoxy groups -OCH3 is 2. The summed E-state index contributed by atoms with van der Waals surface area (Å²) in [6.07, 6.45) is 0.309. The van der Waals surface area contributed by atoms with Crippen molar-refractivity contribution in [2.24, 2.45) is 0 Å². The van der Waals surface area contributed by atoms with E-state index in [1.165, 1.54) is 0 Å². The van der Waals surface area contributed by atoms with Gasteiger partial charge in [0, 0.05) is 24.2 Å². The number of likely N-dealkylation sites (N-methyl/N-ethyl adjacent to an activating group) is 1. The second-order valence-corrected chi connectivity index (χ2v) is 9.16. The topological polar surface area (TPSA) is 78.5 Å². The van der Waals surface area contributed by atoms with Gasteiger partial charge < -0.3 is 29.0 Å². The average molecular weight is 489 g/mol. The molecule has 8 nitrogen and oxygen atoms in total. The minimum Gasteiger partial charge on any atom is -0.495 e. The van der Waals surface area contributed by atoms with Crippen LogP contribution in [0.15, 0.2) is 48.5 Å². The molecule has 36 heavy (non-hydrogen) atoms. The maximum Gasteiger partial charge on any atom is 0.341 e. The van der Waals surface area contributed by atoms with Gasteiger partial charge >= 0.3 is 5.97 Å². The van der Waals surface area contributed by atoms with Crippen molar-refractivity contribution in [3.05, 3.63) is 76.3 Å². The van der Waals surface area contributed by atoms with Gasteiger partial charge in [-0.3, -0.25) is 4.90 Å². The fraction of sp³-hybridized carbons (Fsp3) is 0.321.